The van der Waals surface area contributed by atoms with Crippen LogP contribution in [-0.2, 0) is 11.2 Å². The number of aromatic amines is 1. The SMILES string of the molecule is CCc1cc(C(=O)N[C@@H](C(=O)O)C(C)C)n[nH]1. The number of hydrogen-bond acceptors (Lipinski definition) is 3. The molecule has 6 nitrogen and oxygen atoms in total. The number of H-pyrrole nitrogens is 1. The number of aliphatic carboxylic acids is 1. The van der Waals surface area contributed by atoms with E-state index < -0.39 is 17.9 Å². The molecule has 1 heterocycles. The number of carbonyl (C=O) groups is 2. The molecule has 0 spiro atoms. The number of rotatable bonds is 5. The van der Waals surface area contributed by atoms with Gasteiger partial charge in [-0.3, -0.25) is 9.89 Å². The fourth-order valence-corrected chi connectivity index (χ4v) is 1.39. The maximum absolute atomic E-state index is 11.7. The second-order valence-electron chi connectivity index (χ2n) is 4.17. The van der Waals surface area contributed by atoms with Crippen LogP contribution in [0.5, 0.6) is 0 Å². The van der Waals surface area contributed by atoms with Crippen molar-refractivity contribution in [3.8, 4) is 0 Å². The van der Waals surface area contributed by atoms with Crippen LogP contribution < -0.4 is 5.32 Å². The van der Waals surface area contributed by atoms with Crippen molar-refractivity contribution < 1.29 is 14.7 Å². The van der Waals surface area contributed by atoms with Crippen molar-refractivity contribution in [1.29, 1.82) is 0 Å². The average molecular weight is 239 g/mol. The number of carbonyl (C=O) groups excluding carboxylic acids is 1. The lowest BCUT2D eigenvalue weighted by Crippen LogP contribution is -2.44. The van der Waals surface area contributed by atoms with Crippen LogP contribution in [0.4, 0.5) is 0 Å². The summed E-state index contributed by atoms with van der Waals surface area (Å²) in [5.41, 5.74) is 1.06. The molecule has 1 aromatic rings. The van der Waals surface area contributed by atoms with E-state index >= 15 is 0 Å². The maximum atomic E-state index is 11.7. The molecule has 1 amide bonds. The van der Waals surface area contributed by atoms with Crippen LogP contribution in [-0.4, -0.2) is 33.2 Å². The molecule has 94 valence electrons. The number of hydrogen-bond donors (Lipinski definition) is 3. The molecule has 0 saturated carbocycles. The van der Waals surface area contributed by atoms with Gasteiger partial charge in [0.05, 0.1) is 0 Å². The minimum atomic E-state index is -1.04. The van der Waals surface area contributed by atoms with Crippen molar-refractivity contribution in [3.05, 3.63) is 17.5 Å². The highest BCUT2D eigenvalue weighted by atomic mass is 16.4. The fourth-order valence-electron chi connectivity index (χ4n) is 1.39. The van der Waals surface area contributed by atoms with Gasteiger partial charge >= 0.3 is 5.97 Å². The highest BCUT2D eigenvalue weighted by Crippen LogP contribution is 2.05. The van der Waals surface area contributed by atoms with Gasteiger partial charge < -0.3 is 10.4 Å². The van der Waals surface area contributed by atoms with E-state index in [0.717, 1.165) is 12.1 Å². The van der Waals surface area contributed by atoms with E-state index in [9.17, 15) is 9.59 Å². The van der Waals surface area contributed by atoms with Gasteiger partial charge in [0, 0.05) is 5.69 Å². The first kappa shape index (κ1) is 13.2. The van der Waals surface area contributed by atoms with Crippen LogP contribution >= 0.6 is 0 Å². The van der Waals surface area contributed by atoms with E-state index in [2.05, 4.69) is 15.5 Å². The molecule has 0 fully saturated rings. The van der Waals surface area contributed by atoms with Crippen molar-refractivity contribution in [3.63, 3.8) is 0 Å². The van der Waals surface area contributed by atoms with E-state index in [4.69, 9.17) is 5.11 Å². The monoisotopic (exact) mass is 239 g/mol. The van der Waals surface area contributed by atoms with Gasteiger partial charge in [-0.2, -0.15) is 5.10 Å². The lowest BCUT2D eigenvalue weighted by molar-refractivity contribution is -0.140. The largest absolute Gasteiger partial charge is 0.480 e. The number of amides is 1. The van der Waals surface area contributed by atoms with Gasteiger partial charge in [-0.1, -0.05) is 20.8 Å². The minimum absolute atomic E-state index is 0.180. The van der Waals surface area contributed by atoms with Crippen LogP contribution in [0.1, 0.15) is 37.0 Å². The molecule has 17 heavy (non-hydrogen) atoms. The number of carboxylic acids is 1. The second-order valence-corrected chi connectivity index (χ2v) is 4.17. The summed E-state index contributed by atoms with van der Waals surface area (Å²) in [6.45, 7) is 5.41. The normalized spacial score (nSPS) is 12.5. The summed E-state index contributed by atoms with van der Waals surface area (Å²) in [5, 5.41) is 17.9. The van der Waals surface area contributed by atoms with Gasteiger partial charge in [-0.05, 0) is 18.4 Å². The summed E-state index contributed by atoms with van der Waals surface area (Å²) in [4.78, 5) is 22.7. The number of aryl methyl sites for hydroxylation is 1. The van der Waals surface area contributed by atoms with E-state index in [1.165, 1.54) is 0 Å². The number of nitrogens with one attached hydrogen (secondary N) is 2. The van der Waals surface area contributed by atoms with Crippen LogP contribution in [0.25, 0.3) is 0 Å². The topological polar surface area (TPSA) is 95.1 Å². The number of nitrogens with zero attached hydrogens (tertiary/aromatic N) is 1. The van der Waals surface area contributed by atoms with Crippen molar-refractivity contribution in [2.45, 2.75) is 33.2 Å². The van der Waals surface area contributed by atoms with Crippen LogP contribution in [0.2, 0.25) is 0 Å². The Bertz CT molecular complexity index is 412. The molecular weight excluding hydrogens is 222 g/mol. The molecule has 0 radical (unpaired) electrons. The maximum Gasteiger partial charge on any atom is 0.326 e. The van der Waals surface area contributed by atoms with E-state index in [0.29, 0.717) is 0 Å². The Morgan fingerprint density at radius 2 is 2.18 bits per heavy atom. The van der Waals surface area contributed by atoms with Crippen LogP contribution in [0.3, 0.4) is 0 Å². The summed E-state index contributed by atoms with van der Waals surface area (Å²) >= 11 is 0. The third-order valence-electron chi connectivity index (χ3n) is 2.46. The molecule has 0 aromatic carbocycles. The summed E-state index contributed by atoms with van der Waals surface area (Å²) in [7, 11) is 0. The molecule has 1 rings (SSSR count). The van der Waals surface area contributed by atoms with Crippen LogP contribution in [0, 0.1) is 5.92 Å². The molecule has 0 bridgehead atoms. The molecule has 3 N–H and O–H groups in total. The van der Waals surface area contributed by atoms with Gasteiger partial charge in [0.15, 0.2) is 0 Å². The molecule has 0 aliphatic rings. The molecule has 0 unspecified atom stereocenters. The first-order valence-corrected chi connectivity index (χ1v) is 5.53. The molecule has 6 heteroatoms. The Hall–Kier alpha value is -1.85. The molecule has 0 aliphatic heterocycles. The van der Waals surface area contributed by atoms with Gasteiger partial charge in [-0.25, -0.2) is 4.79 Å². The van der Waals surface area contributed by atoms with Gasteiger partial charge in [0.25, 0.3) is 5.91 Å². The summed E-state index contributed by atoms with van der Waals surface area (Å²) in [5.74, 6) is -1.69. The van der Waals surface area contributed by atoms with Crippen molar-refractivity contribution in [1.82, 2.24) is 15.5 Å². The first-order chi connectivity index (χ1) is 7.95. The number of carboxylic acid groups (broad SMARTS) is 1. The second kappa shape index (κ2) is 5.47. The third kappa shape index (κ3) is 3.30. The standard InChI is InChI=1S/C11H17N3O3/c1-4-7-5-8(14-13-7)10(15)12-9(6(2)3)11(16)17/h5-6,9H,4H2,1-3H3,(H,12,15)(H,13,14)(H,16,17)/t9-/m1/s1. The summed E-state index contributed by atoms with van der Waals surface area (Å²) in [6, 6.07) is 0.721. The quantitative estimate of drug-likeness (QED) is 0.708. The lowest BCUT2D eigenvalue weighted by atomic mass is 10.0. The van der Waals surface area contributed by atoms with E-state index in [1.807, 2.05) is 6.92 Å². The Morgan fingerprint density at radius 3 is 2.59 bits per heavy atom. The molecule has 1 aromatic heterocycles. The average Bonchev–Trinajstić information content (AvgIpc) is 2.73. The summed E-state index contributed by atoms with van der Waals surface area (Å²) < 4.78 is 0. The molecular formula is C11H17N3O3. The highest BCUT2D eigenvalue weighted by Gasteiger charge is 2.24. The van der Waals surface area contributed by atoms with Gasteiger partial charge in [-0.15, -0.1) is 0 Å². The predicted octanol–water partition coefficient (Wildman–Crippen LogP) is 0.811. The zero-order valence-electron chi connectivity index (χ0n) is 10.2. The van der Waals surface area contributed by atoms with E-state index in [-0.39, 0.29) is 11.6 Å². The zero-order chi connectivity index (χ0) is 13.0. The Morgan fingerprint density at radius 1 is 1.53 bits per heavy atom. The third-order valence-corrected chi connectivity index (χ3v) is 2.46. The van der Waals surface area contributed by atoms with E-state index in [1.54, 1.807) is 19.9 Å². The Kier molecular flexibility index (Phi) is 4.25. The van der Waals surface area contributed by atoms with Crippen molar-refractivity contribution >= 4 is 11.9 Å². The smallest absolute Gasteiger partial charge is 0.326 e. The van der Waals surface area contributed by atoms with Gasteiger partial charge in [0.1, 0.15) is 11.7 Å². The predicted molar refractivity (Wildman–Crippen MR) is 61.7 cm³/mol. The molecule has 1 atom stereocenters. The Balaban J connectivity index is 2.73. The van der Waals surface area contributed by atoms with Crippen LogP contribution in [0.15, 0.2) is 6.07 Å². The molecule has 0 saturated heterocycles. The zero-order valence-corrected chi connectivity index (χ0v) is 10.2. The fraction of sp³-hybridized carbons (Fsp3) is 0.545. The molecule has 0 aliphatic carbocycles. The first-order valence-electron chi connectivity index (χ1n) is 5.53. The van der Waals surface area contributed by atoms with Gasteiger partial charge in [0.2, 0.25) is 0 Å². The summed E-state index contributed by atoms with van der Waals surface area (Å²) in [6.07, 6.45) is 0.743. The highest BCUT2D eigenvalue weighted by molar-refractivity contribution is 5.95. The minimum Gasteiger partial charge on any atom is -0.480 e. The lowest BCUT2D eigenvalue weighted by Gasteiger charge is -2.16. The van der Waals surface area contributed by atoms with Crippen molar-refractivity contribution in [2.24, 2.45) is 5.92 Å². The Labute approximate surface area is 99.4 Å². The van der Waals surface area contributed by atoms with Crippen molar-refractivity contribution in [2.75, 3.05) is 0 Å². The number of aromatic nitrogens is 2.